The van der Waals surface area contributed by atoms with Gasteiger partial charge < -0.3 is 15.3 Å². The molecule has 1 aromatic carbocycles. The van der Waals surface area contributed by atoms with Gasteiger partial charge in [-0.3, -0.25) is 14.6 Å². The Balaban J connectivity index is 1.56. The monoisotopic (exact) mass is 368 g/mol. The van der Waals surface area contributed by atoms with E-state index in [0.29, 0.717) is 30.9 Å². The number of aliphatic hydroxyl groups is 1. The van der Waals surface area contributed by atoms with E-state index < -0.39 is 6.10 Å². The summed E-state index contributed by atoms with van der Waals surface area (Å²) < 4.78 is 1.61. The van der Waals surface area contributed by atoms with Gasteiger partial charge in [-0.2, -0.15) is 10.2 Å². The first kappa shape index (κ1) is 18.8. The standard InChI is InChI=1S/C19H24N6O2/c1-24(2)12-17(26)13-25-11-16(10-20-25)21-19(27)18-9-15(22-23-18)8-14-6-4-3-5-7-14/h3-7,9-11,17,26H,8,12-13H2,1-2H3,(H,21,27)(H,22,23). The zero-order valence-corrected chi connectivity index (χ0v) is 15.5. The Morgan fingerprint density at radius 3 is 2.85 bits per heavy atom. The molecular formula is C19H24N6O2. The van der Waals surface area contributed by atoms with Gasteiger partial charge in [0, 0.05) is 24.9 Å². The van der Waals surface area contributed by atoms with Crippen LogP contribution in [0.25, 0.3) is 0 Å². The van der Waals surface area contributed by atoms with E-state index in [0.717, 1.165) is 11.3 Å². The number of carbonyl (C=O) groups excluding carboxylic acids is 1. The lowest BCUT2D eigenvalue weighted by Gasteiger charge is -2.15. The van der Waals surface area contributed by atoms with Gasteiger partial charge in [0.25, 0.3) is 5.91 Å². The Hall–Kier alpha value is -2.97. The van der Waals surface area contributed by atoms with E-state index in [2.05, 4.69) is 20.6 Å². The number of benzene rings is 1. The lowest BCUT2D eigenvalue weighted by Crippen LogP contribution is -2.29. The molecule has 8 nitrogen and oxygen atoms in total. The van der Waals surface area contributed by atoms with E-state index in [4.69, 9.17) is 0 Å². The highest BCUT2D eigenvalue weighted by molar-refractivity contribution is 6.02. The molecule has 0 fully saturated rings. The van der Waals surface area contributed by atoms with Gasteiger partial charge in [0.15, 0.2) is 5.69 Å². The number of anilines is 1. The molecule has 0 bridgehead atoms. The van der Waals surface area contributed by atoms with Gasteiger partial charge in [-0.25, -0.2) is 0 Å². The SMILES string of the molecule is CN(C)CC(O)Cn1cc(NC(=O)c2cc(Cc3ccccc3)[nH]n2)cn1. The summed E-state index contributed by atoms with van der Waals surface area (Å²) in [4.78, 5) is 14.3. The van der Waals surface area contributed by atoms with Crippen LogP contribution in [0.2, 0.25) is 0 Å². The molecule has 1 atom stereocenters. The van der Waals surface area contributed by atoms with Gasteiger partial charge in [0.2, 0.25) is 0 Å². The maximum atomic E-state index is 12.4. The molecule has 2 aromatic heterocycles. The largest absolute Gasteiger partial charge is 0.390 e. The molecule has 8 heteroatoms. The van der Waals surface area contributed by atoms with Crippen molar-refractivity contribution in [2.75, 3.05) is 26.0 Å². The van der Waals surface area contributed by atoms with Gasteiger partial charge >= 0.3 is 0 Å². The molecule has 142 valence electrons. The number of hydrogen-bond donors (Lipinski definition) is 3. The molecule has 0 aliphatic rings. The minimum atomic E-state index is -0.532. The van der Waals surface area contributed by atoms with Crippen LogP contribution >= 0.6 is 0 Å². The number of aliphatic hydroxyl groups excluding tert-OH is 1. The quantitative estimate of drug-likeness (QED) is 0.558. The predicted molar refractivity (Wildman–Crippen MR) is 103 cm³/mol. The number of amides is 1. The number of hydrogen-bond acceptors (Lipinski definition) is 5. The van der Waals surface area contributed by atoms with Gasteiger partial charge in [-0.15, -0.1) is 0 Å². The molecule has 27 heavy (non-hydrogen) atoms. The lowest BCUT2D eigenvalue weighted by molar-refractivity contribution is 0.102. The number of aromatic amines is 1. The van der Waals surface area contributed by atoms with Crippen molar-refractivity contribution >= 4 is 11.6 Å². The van der Waals surface area contributed by atoms with E-state index in [1.807, 2.05) is 49.3 Å². The summed E-state index contributed by atoms with van der Waals surface area (Å²) in [5.41, 5.74) is 2.89. The second kappa shape index (κ2) is 8.61. The van der Waals surface area contributed by atoms with Crippen molar-refractivity contribution in [3.05, 3.63) is 65.7 Å². The second-order valence-electron chi connectivity index (χ2n) is 6.76. The van der Waals surface area contributed by atoms with Crippen LogP contribution in [0.4, 0.5) is 5.69 Å². The molecule has 1 amide bonds. The molecule has 0 aliphatic heterocycles. The van der Waals surface area contributed by atoms with E-state index >= 15 is 0 Å². The number of nitrogens with zero attached hydrogens (tertiary/aromatic N) is 4. The highest BCUT2D eigenvalue weighted by Gasteiger charge is 2.13. The van der Waals surface area contributed by atoms with Crippen LogP contribution in [0.5, 0.6) is 0 Å². The zero-order valence-electron chi connectivity index (χ0n) is 15.5. The summed E-state index contributed by atoms with van der Waals surface area (Å²) in [6, 6.07) is 11.7. The van der Waals surface area contributed by atoms with Gasteiger partial charge in [0.05, 0.1) is 24.5 Å². The minimum absolute atomic E-state index is 0.307. The molecule has 2 heterocycles. The van der Waals surface area contributed by atoms with Crippen molar-refractivity contribution in [1.29, 1.82) is 0 Å². The third kappa shape index (κ3) is 5.50. The fourth-order valence-corrected chi connectivity index (χ4v) is 2.80. The van der Waals surface area contributed by atoms with Crippen LogP contribution in [0.1, 0.15) is 21.7 Å². The van der Waals surface area contributed by atoms with Crippen LogP contribution in [0, 0.1) is 0 Å². The molecule has 3 aromatic rings. The number of nitrogens with one attached hydrogen (secondary N) is 2. The van der Waals surface area contributed by atoms with Crippen LogP contribution < -0.4 is 5.32 Å². The summed E-state index contributed by atoms with van der Waals surface area (Å²) >= 11 is 0. The maximum Gasteiger partial charge on any atom is 0.276 e. The molecule has 0 radical (unpaired) electrons. The lowest BCUT2D eigenvalue weighted by atomic mass is 10.1. The third-order valence-corrected chi connectivity index (χ3v) is 3.97. The summed E-state index contributed by atoms with van der Waals surface area (Å²) in [6.45, 7) is 0.899. The van der Waals surface area contributed by atoms with Crippen molar-refractivity contribution in [3.63, 3.8) is 0 Å². The molecule has 0 spiro atoms. The van der Waals surface area contributed by atoms with Crippen LogP contribution in [0.3, 0.4) is 0 Å². The fraction of sp³-hybridized carbons (Fsp3) is 0.316. The number of likely N-dealkylation sites (N-methyl/N-ethyl adjacent to an activating group) is 1. The van der Waals surface area contributed by atoms with Gasteiger partial charge in [0.1, 0.15) is 0 Å². The summed E-state index contributed by atoms with van der Waals surface area (Å²) in [5.74, 6) is -0.307. The Morgan fingerprint density at radius 1 is 1.33 bits per heavy atom. The van der Waals surface area contributed by atoms with Crippen molar-refractivity contribution in [2.24, 2.45) is 0 Å². The van der Waals surface area contributed by atoms with Crippen molar-refractivity contribution in [3.8, 4) is 0 Å². The Morgan fingerprint density at radius 2 is 2.11 bits per heavy atom. The molecule has 0 saturated heterocycles. The first-order chi connectivity index (χ1) is 13.0. The van der Waals surface area contributed by atoms with E-state index in [1.54, 1.807) is 23.1 Å². The zero-order chi connectivity index (χ0) is 19.2. The van der Waals surface area contributed by atoms with Crippen LogP contribution in [-0.4, -0.2) is 62.6 Å². The number of aromatic nitrogens is 4. The van der Waals surface area contributed by atoms with E-state index in [9.17, 15) is 9.90 Å². The number of H-pyrrole nitrogens is 1. The predicted octanol–water partition coefficient (Wildman–Crippen LogP) is 1.37. The normalized spacial score (nSPS) is 12.3. The Labute approximate surface area is 157 Å². The van der Waals surface area contributed by atoms with Crippen LogP contribution in [-0.2, 0) is 13.0 Å². The average molecular weight is 368 g/mol. The van der Waals surface area contributed by atoms with E-state index in [1.165, 1.54) is 0 Å². The maximum absolute atomic E-state index is 12.4. The second-order valence-corrected chi connectivity index (χ2v) is 6.76. The highest BCUT2D eigenvalue weighted by Crippen LogP contribution is 2.11. The Bertz CT molecular complexity index is 871. The minimum Gasteiger partial charge on any atom is -0.390 e. The van der Waals surface area contributed by atoms with Crippen LogP contribution in [0.15, 0.2) is 48.8 Å². The van der Waals surface area contributed by atoms with Crippen molar-refractivity contribution in [2.45, 2.75) is 19.1 Å². The molecule has 0 saturated carbocycles. The Kier molecular flexibility index (Phi) is 6.00. The van der Waals surface area contributed by atoms with E-state index in [-0.39, 0.29) is 5.91 Å². The summed E-state index contributed by atoms with van der Waals surface area (Å²) in [7, 11) is 3.79. The smallest absolute Gasteiger partial charge is 0.276 e. The molecule has 3 rings (SSSR count). The van der Waals surface area contributed by atoms with Gasteiger partial charge in [-0.05, 0) is 25.7 Å². The first-order valence-electron chi connectivity index (χ1n) is 8.74. The van der Waals surface area contributed by atoms with Crippen molar-refractivity contribution < 1.29 is 9.90 Å². The fourth-order valence-electron chi connectivity index (χ4n) is 2.80. The highest BCUT2D eigenvalue weighted by atomic mass is 16.3. The average Bonchev–Trinajstić information content (AvgIpc) is 3.25. The number of carbonyl (C=O) groups is 1. The van der Waals surface area contributed by atoms with Gasteiger partial charge in [-0.1, -0.05) is 30.3 Å². The third-order valence-electron chi connectivity index (χ3n) is 3.97. The molecule has 1 unspecified atom stereocenters. The summed E-state index contributed by atoms with van der Waals surface area (Å²) in [5, 5.41) is 23.9. The first-order valence-corrected chi connectivity index (χ1v) is 8.74. The molecular weight excluding hydrogens is 344 g/mol. The molecule has 3 N–H and O–H groups in total. The molecule has 0 aliphatic carbocycles. The summed E-state index contributed by atoms with van der Waals surface area (Å²) in [6.07, 6.45) is 3.39. The number of rotatable bonds is 8. The van der Waals surface area contributed by atoms with Crippen molar-refractivity contribution in [1.82, 2.24) is 24.9 Å². The topological polar surface area (TPSA) is 99.1 Å².